The Kier molecular flexibility index (Phi) is 7.30. The average molecular weight is 357 g/mol. The summed E-state index contributed by atoms with van der Waals surface area (Å²) in [5.41, 5.74) is 4.63. The van der Waals surface area contributed by atoms with Crippen molar-refractivity contribution in [2.45, 2.75) is 43.0 Å². The van der Waals surface area contributed by atoms with Gasteiger partial charge in [-0.15, -0.1) is 11.8 Å². The molecule has 24 heavy (non-hydrogen) atoms. The van der Waals surface area contributed by atoms with E-state index in [4.69, 9.17) is 5.73 Å². The van der Waals surface area contributed by atoms with Gasteiger partial charge in [0.1, 0.15) is 17.3 Å². The third-order valence-corrected chi connectivity index (χ3v) is 5.10. The molecule has 0 unspecified atom stereocenters. The number of nitrogens with zero attached hydrogens (tertiary/aromatic N) is 1. The second-order valence-electron chi connectivity index (χ2n) is 6.03. The van der Waals surface area contributed by atoms with E-state index < -0.39 is 17.3 Å². The van der Waals surface area contributed by atoms with Gasteiger partial charge in [-0.1, -0.05) is 0 Å². The van der Waals surface area contributed by atoms with Gasteiger partial charge in [-0.2, -0.15) is 0 Å². The SMILES string of the molecule is CSc1cc(F)c(N)c(F)c1.O=C1CCCCN1C1CCNCC1. The largest absolute Gasteiger partial charge is 0.394 e. The summed E-state index contributed by atoms with van der Waals surface area (Å²) < 4.78 is 25.3. The van der Waals surface area contributed by atoms with E-state index in [0.717, 1.165) is 45.3 Å². The zero-order chi connectivity index (χ0) is 17.5. The second-order valence-corrected chi connectivity index (χ2v) is 6.91. The van der Waals surface area contributed by atoms with Crippen molar-refractivity contribution in [2.75, 3.05) is 31.6 Å². The number of carbonyl (C=O) groups excluding carboxylic acids is 1. The van der Waals surface area contributed by atoms with Crippen molar-refractivity contribution >= 4 is 23.4 Å². The first-order chi connectivity index (χ1) is 11.5. The van der Waals surface area contributed by atoms with Crippen LogP contribution in [0.4, 0.5) is 14.5 Å². The number of nitrogens with two attached hydrogens (primary N) is 1. The number of piperidine rings is 2. The van der Waals surface area contributed by atoms with Gasteiger partial charge in [0.25, 0.3) is 0 Å². The number of nitrogen functional groups attached to an aromatic ring is 1. The maximum absolute atomic E-state index is 12.6. The van der Waals surface area contributed by atoms with Crippen LogP contribution >= 0.6 is 11.8 Å². The number of halogens is 2. The van der Waals surface area contributed by atoms with Gasteiger partial charge in [0.2, 0.25) is 5.91 Å². The molecule has 0 bridgehead atoms. The summed E-state index contributed by atoms with van der Waals surface area (Å²) in [6, 6.07) is 2.96. The van der Waals surface area contributed by atoms with E-state index in [1.165, 1.54) is 30.3 Å². The number of amides is 1. The lowest BCUT2D eigenvalue weighted by molar-refractivity contribution is -0.136. The van der Waals surface area contributed by atoms with Gasteiger partial charge >= 0.3 is 0 Å². The van der Waals surface area contributed by atoms with Gasteiger partial charge in [0, 0.05) is 23.9 Å². The molecule has 2 aliphatic heterocycles. The summed E-state index contributed by atoms with van der Waals surface area (Å²) >= 11 is 1.27. The van der Waals surface area contributed by atoms with Crippen molar-refractivity contribution < 1.29 is 13.6 Å². The molecule has 4 nitrogen and oxygen atoms in total. The summed E-state index contributed by atoms with van der Waals surface area (Å²) in [6.45, 7) is 3.16. The highest BCUT2D eigenvalue weighted by atomic mass is 32.2. The standard InChI is InChI=1S/C10H18N2O.C7H7F2NS/c13-10-3-1-2-8-12(10)9-4-6-11-7-5-9;1-11-4-2-5(8)7(10)6(9)3-4/h9,11H,1-8H2;2-3H,10H2,1H3. The smallest absolute Gasteiger partial charge is 0.222 e. The minimum Gasteiger partial charge on any atom is -0.394 e. The lowest BCUT2D eigenvalue weighted by Gasteiger charge is -2.37. The highest BCUT2D eigenvalue weighted by Gasteiger charge is 2.26. The van der Waals surface area contributed by atoms with Crippen molar-refractivity contribution in [1.29, 1.82) is 0 Å². The third-order valence-electron chi connectivity index (χ3n) is 4.40. The molecule has 1 aromatic rings. The molecular weight excluding hydrogens is 332 g/mol. The molecular formula is C17H25F2N3OS. The number of likely N-dealkylation sites (tertiary alicyclic amines) is 1. The van der Waals surface area contributed by atoms with Crippen molar-refractivity contribution in [1.82, 2.24) is 10.2 Å². The first-order valence-corrected chi connectivity index (χ1v) is 9.54. The summed E-state index contributed by atoms with van der Waals surface area (Å²) in [6.07, 6.45) is 7.11. The minimum absolute atomic E-state index is 0.387. The van der Waals surface area contributed by atoms with E-state index >= 15 is 0 Å². The zero-order valence-corrected chi connectivity index (χ0v) is 14.8. The lowest BCUT2D eigenvalue weighted by atomic mass is 10.0. The molecule has 0 aromatic heterocycles. The zero-order valence-electron chi connectivity index (χ0n) is 14.0. The van der Waals surface area contributed by atoms with Crippen molar-refractivity contribution in [3.63, 3.8) is 0 Å². The minimum atomic E-state index is -0.700. The Bertz CT molecular complexity index is 542. The van der Waals surface area contributed by atoms with E-state index in [2.05, 4.69) is 10.2 Å². The van der Waals surface area contributed by atoms with Crippen LogP contribution in [-0.2, 0) is 4.79 Å². The molecule has 1 aromatic carbocycles. The number of rotatable bonds is 2. The van der Waals surface area contributed by atoms with E-state index in [1.54, 1.807) is 6.26 Å². The molecule has 1 amide bonds. The highest BCUT2D eigenvalue weighted by molar-refractivity contribution is 7.98. The normalized spacial score (nSPS) is 19.0. The Hall–Kier alpha value is -1.34. The maximum Gasteiger partial charge on any atom is 0.222 e. The topological polar surface area (TPSA) is 58.4 Å². The number of hydrogen-bond donors (Lipinski definition) is 2. The average Bonchev–Trinajstić information content (AvgIpc) is 2.61. The van der Waals surface area contributed by atoms with Gasteiger partial charge in [0.05, 0.1) is 0 Å². The third kappa shape index (κ3) is 5.08. The fourth-order valence-electron chi connectivity index (χ4n) is 3.01. The molecule has 0 atom stereocenters. The van der Waals surface area contributed by atoms with E-state index in [1.807, 2.05) is 0 Å². The molecule has 0 aliphatic carbocycles. The van der Waals surface area contributed by atoms with Gasteiger partial charge in [-0.3, -0.25) is 4.79 Å². The molecule has 2 saturated heterocycles. The quantitative estimate of drug-likeness (QED) is 0.631. The summed E-state index contributed by atoms with van der Waals surface area (Å²) in [5, 5.41) is 3.33. The van der Waals surface area contributed by atoms with Crippen LogP contribution in [0.2, 0.25) is 0 Å². The van der Waals surface area contributed by atoms with Gasteiger partial charge < -0.3 is 16.0 Å². The lowest BCUT2D eigenvalue weighted by Crippen LogP contribution is -2.47. The fourth-order valence-corrected chi connectivity index (χ4v) is 3.45. The van der Waals surface area contributed by atoms with Gasteiger partial charge in [0.15, 0.2) is 0 Å². The molecule has 3 N–H and O–H groups in total. The molecule has 134 valence electrons. The first-order valence-electron chi connectivity index (χ1n) is 8.31. The number of benzene rings is 1. The first kappa shape index (κ1) is 19.0. The van der Waals surface area contributed by atoms with E-state index in [9.17, 15) is 13.6 Å². The summed E-state index contributed by atoms with van der Waals surface area (Å²) in [4.78, 5) is 14.3. The molecule has 0 radical (unpaired) electrons. The number of nitrogens with one attached hydrogen (secondary N) is 1. The predicted molar refractivity (Wildman–Crippen MR) is 94.0 cm³/mol. The monoisotopic (exact) mass is 357 g/mol. The van der Waals surface area contributed by atoms with Crippen LogP contribution < -0.4 is 11.1 Å². The second kappa shape index (κ2) is 9.22. The maximum atomic E-state index is 12.6. The Labute approximate surface area is 146 Å². The molecule has 3 rings (SSSR count). The van der Waals surface area contributed by atoms with Crippen LogP contribution in [0.1, 0.15) is 32.1 Å². The van der Waals surface area contributed by atoms with Crippen LogP contribution in [0.5, 0.6) is 0 Å². The highest BCUT2D eigenvalue weighted by Crippen LogP contribution is 2.22. The summed E-state index contributed by atoms with van der Waals surface area (Å²) in [5.74, 6) is -1.01. The van der Waals surface area contributed by atoms with Gasteiger partial charge in [-0.25, -0.2) is 8.78 Å². The van der Waals surface area contributed by atoms with Crippen molar-refractivity contribution in [3.8, 4) is 0 Å². The van der Waals surface area contributed by atoms with Crippen LogP contribution in [0.15, 0.2) is 17.0 Å². The van der Waals surface area contributed by atoms with Crippen LogP contribution in [0.3, 0.4) is 0 Å². The molecule has 2 aliphatic rings. The summed E-state index contributed by atoms with van der Waals surface area (Å²) in [7, 11) is 0. The Morgan fingerprint density at radius 2 is 1.83 bits per heavy atom. The van der Waals surface area contributed by atoms with E-state index in [0.29, 0.717) is 16.8 Å². The molecule has 2 fully saturated rings. The molecule has 7 heteroatoms. The number of hydrogen-bond acceptors (Lipinski definition) is 4. The fraction of sp³-hybridized carbons (Fsp3) is 0.588. The Balaban J connectivity index is 0.000000177. The number of thioether (sulfide) groups is 1. The molecule has 0 spiro atoms. The Morgan fingerprint density at radius 3 is 2.38 bits per heavy atom. The number of anilines is 1. The van der Waals surface area contributed by atoms with Crippen LogP contribution in [0.25, 0.3) is 0 Å². The molecule has 2 heterocycles. The van der Waals surface area contributed by atoms with Gasteiger partial charge in [-0.05, 0) is 57.2 Å². The molecule has 0 saturated carbocycles. The predicted octanol–water partition coefficient (Wildman–Crippen LogP) is 3.02. The van der Waals surface area contributed by atoms with Crippen molar-refractivity contribution in [3.05, 3.63) is 23.8 Å². The number of carbonyl (C=O) groups is 1. The van der Waals surface area contributed by atoms with Crippen molar-refractivity contribution in [2.24, 2.45) is 0 Å². The van der Waals surface area contributed by atoms with E-state index in [-0.39, 0.29) is 0 Å². The van der Waals surface area contributed by atoms with Crippen LogP contribution in [-0.4, -0.2) is 42.7 Å². The van der Waals surface area contributed by atoms with Crippen LogP contribution in [0, 0.1) is 11.6 Å². The Morgan fingerprint density at radius 1 is 1.21 bits per heavy atom.